The van der Waals surface area contributed by atoms with Gasteiger partial charge in [0, 0.05) is 25.7 Å². The Morgan fingerprint density at radius 1 is 1.60 bits per heavy atom. The lowest BCUT2D eigenvalue weighted by molar-refractivity contribution is -0.125. The molecule has 1 saturated heterocycles. The molecule has 4 nitrogen and oxygen atoms in total. The molecule has 0 radical (unpaired) electrons. The molecule has 0 aromatic carbocycles. The fourth-order valence-corrected chi connectivity index (χ4v) is 1.65. The number of carbonyl (C=O) groups excluding carboxylic acids is 1. The summed E-state index contributed by atoms with van der Waals surface area (Å²) in [7, 11) is 0. The Labute approximate surface area is 91.3 Å². The summed E-state index contributed by atoms with van der Waals surface area (Å²) in [5.74, 6) is 0.433. The number of hydrogen-bond donors (Lipinski definition) is 1. The molecule has 4 heteroatoms. The third-order valence-electron chi connectivity index (χ3n) is 2.68. The van der Waals surface area contributed by atoms with Crippen molar-refractivity contribution in [2.45, 2.75) is 32.8 Å². The molecule has 15 heavy (non-hydrogen) atoms. The van der Waals surface area contributed by atoms with E-state index in [4.69, 9.17) is 9.47 Å². The Balaban J connectivity index is 2.05. The van der Waals surface area contributed by atoms with Gasteiger partial charge in [-0.1, -0.05) is 6.92 Å². The van der Waals surface area contributed by atoms with Gasteiger partial charge in [-0.25, -0.2) is 0 Å². The molecule has 1 fully saturated rings. The SMILES string of the molecule is CCCOCC(=O)NCC1CCOC1C. The van der Waals surface area contributed by atoms with Crippen LogP contribution in [0, 0.1) is 5.92 Å². The van der Waals surface area contributed by atoms with Crippen molar-refractivity contribution < 1.29 is 14.3 Å². The molecule has 0 aliphatic carbocycles. The Morgan fingerprint density at radius 3 is 3.00 bits per heavy atom. The first-order chi connectivity index (χ1) is 7.24. The van der Waals surface area contributed by atoms with Crippen LogP contribution >= 0.6 is 0 Å². The zero-order chi connectivity index (χ0) is 11.1. The van der Waals surface area contributed by atoms with E-state index in [0.717, 1.165) is 19.4 Å². The first-order valence-corrected chi connectivity index (χ1v) is 5.70. The number of nitrogens with one attached hydrogen (secondary N) is 1. The van der Waals surface area contributed by atoms with E-state index in [0.29, 0.717) is 19.1 Å². The predicted octanol–water partition coefficient (Wildman–Crippen LogP) is 0.954. The number of amides is 1. The summed E-state index contributed by atoms with van der Waals surface area (Å²) in [5, 5.41) is 2.87. The number of carbonyl (C=O) groups is 1. The van der Waals surface area contributed by atoms with Crippen LogP contribution in [-0.2, 0) is 14.3 Å². The molecule has 1 rings (SSSR count). The van der Waals surface area contributed by atoms with Gasteiger partial charge in [0.25, 0.3) is 0 Å². The van der Waals surface area contributed by atoms with Gasteiger partial charge in [-0.05, 0) is 19.8 Å². The van der Waals surface area contributed by atoms with E-state index in [2.05, 4.69) is 12.2 Å². The Bertz CT molecular complexity index is 196. The van der Waals surface area contributed by atoms with E-state index in [9.17, 15) is 4.79 Å². The van der Waals surface area contributed by atoms with E-state index in [-0.39, 0.29) is 18.6 Å². The van der Waals surface area contributed by atoms with Crippen molar-refractivity contribution in [3.8, 4) is 0 Å². The summed E-state index contributed by atoms with van der Waals surface area (Å²) < 4.78 is 10.6. The van der Waals surface area contributed by atoms with Crippen molar-refractivity contribution in [1.82, 2.24) is 5.32 Å². The highest BCUT2D eigenvalue weighted by Gasteiger charge is 2.24. The van der Waals surface area contributed by atoms with E-state index in [1.807, 2.05) is 6.92 Å². The molecule has 0 aromatic heterocycles. The molecule has 0 bridgehead atoms. The molecule has 0 aromatic rings. The van der Waals surface area contributed by atoms with Crippen molar-refractivity contribution in [3.63, 3.8) is 0 Å². The number of rotatable bonds is 6. The van der Waals surface area contributed by atoms with Gasteiger partial charge in [0.05, 0.1) is 6.10 Å². The molecule has 2 atom stereocenters. The van der Waals surface area contributed by atoms with E-state index in [1.165, 1.54) is 0 Å². The lowest BCUT2D eigenvalue weighted by Gasteiger charge is -2.14. The van der Waals surface area contributed by atoms with Gasteiger partial charge in [0.15, 0.2) is 0 Å². The zero-order valence-electron chi connectivity index (χ0n) is 9.62. The maximum atomic E-state index is 11.3. The highest BCUT2D eigenvalue weighted by Crippen LogP contribution is 2.18. The Kier molecular flexibility index (Phi) is 5.65. The minimum atomic E-state index is -0.0254. The maximum absolute atomic E-state index is 11.3. The molecule has 2 unspecified atom stereocenters. The highest BCUT2D eigenvalue weighted by molar-refractivity contribution is 5.77. The average molecular weight is 215 g/mol. The fraction of sp³-hybridized carbons (Fsp3) is 0.909. The van der Waals surface area contributed by atoms with Crippen LogP contribution < -0.4 is 5.32 Å². The minimum Gasteiger partial charge on any atom is -0.378 e. The smallest absolute Gasteiger partial charge is 0.246 e. The summed E-state index contributed by atoms with van der Waals surface area (Å²) in [5.41, 5.74) is 0. The molecule has 1 N–H and O–H groups in total. The minimum absolute atomic E-state index is 0.0254. The Morgan fingerprint density at radius 2 is 2.40 bits per heavy atom. The van der Waals surface area contributed by atoms with Gasteiger partial charge in [0.2, 0.25) is 5.91 Å². The van der Waals surface area contributed by atoms with Crippen LogP contribution in [0.15, 0.2) is 0 Å². The first kappa shape index (κ1) is 12.5. The number of ether oxygens (including phenoxy) is 2. The third-order valence-corrected chi connectivity index (χ3v) is 2.68. The van der Waals surface area contributed by atoms with Gasteiger partial charge >= 0.3 is 0 Å². The van der Waals surface area contributed by atoms with Crippen molar-refractivity contribution in [1.29, 1.82) is 0 Å². The lowest BCUT2D eigenvalue weighted by atomic mass is 10.0. The topological polar surface area (TPSA) is 47.6 Å². The second kappa shape index (κ2) is 6.80. The van der Waals surface area contributed by atoms with Crippen molar-refractivity contribution in [2.24, 2.45) is 5.92 Å². The number of hydrogen-bond acceptors (Lipinski definition) is 3. The third kappa shape index (κ3) is 4.62. The predicted molar refractivity (Wildman–Crippen MR) is 57.6 cm³/mol. The van der Waals surface area contributed by atoms with E-state index in [1.54, 1.807) is 0 Å². The van der Waals surface area contributed by atoms with Gasteiger partial charge in [0.1, 0.15) is 6.61 Å². The van der Waals surface area contributed by atoms with Crippen LogP contribution in [0.5, 0.6) is 0 Å². The molecule has 1 amide bonds. The second-order valence-corrected chi connectivity index (χ2v) is 3.98. The molecule has 88 valence electrons. The van der Waals surface area contributed by atoms with Gasteiger partial charge in [-0.3, -0.25) is 4.79 Å². The summed E-state index contributed by atoms with van der Waals surface area (Å²) in [6.07, 6.45) is 2.25. The first-order valence-electron chi connectivity index (χ1n) is 5.70. The summed E-state index contributed by atoms with van der Waals surface area (Å²) in [6, 6.07) is 0. The van der Waals surface area contributed by atoms with Crippen LogP contribution in [0.4, 0.5) is 0 Å². The normalized spacial score (nSPS) is 25.5. The zero-order valence-corrected chi connectivity index (χ0v) is 9.62. The van der Waals surface area contributed by atoms with Gasteiger partial charge in [-0.2, -0.15) is 0 Å². The molecular weight excluding hydrogens is 194 g/mol. The molecule has 0 spiro atoms. The second-order valence-electron chi connectivity index (χ2n) is 3.98. The van der Waals surface area contributed by atoms with Crippen molar-refractivity contribution >= 4 is 5.91 Å². The monoisotopic (exact) mass is 215 g/mol. The van der Waals surface area contributed by atoms with Crippen LogP contribution in [-0.4, -0.2) is 38.4 Å². The molecule has 1 aliphatic rings. The quantitative estimate of drug-likeness (QED) is 0.671. The van der Waals surface area contributed by atoms with Crippen LogP contribution in [0.3, 0.4) is 0 Å². The fourth-order valence-electron chi connectivity index (χ4n) is 1.65. The Hall–Kier alpha value is -0.610. The van der Waals surface area contributed by atoms with Crippen molar-refractivity contribution in [3.05, 3.63) is 0 Å². The van der Waals surface area contributed by atoms with Crippen LogP contribution in [0.25, 0.3) is 0 Å². The van der Waals surface area contributed by atoms with Crippen LogP contribution in [0.1, 0.15) is 26.7 Å². The summed E-state index contributed by atoms with van der Waals surface area (Å²) in [4.78, 5) is 11.3. The largest absolute Gasteiger partial charge is 0.378 e. The van der Waals surface area contributed by atoms with Gasteiger partial charge < -0.3 is 14.8 Å². The molecule has 1 heterocycles. The van der Waals surface area contributed by atoms with E-state index < -0.39 is 0 Å². The van der Waals surface area contributed by atoms with Crippen molar-refractivity contribution in [2.75, 3.05) is 26.4 Å². The highest BCUT2D eigenvalue weighted by atomic mass is 16.5. The lowest BCUT2D eigenvalue weighted by Crippen LogP contribution is -2.34. The van der Waals surface area contributed by atoms with Crippen LogP contribution in [0.2, 0.25) is 0 Å². The standard InChI is InChI=1S/C11H21NO3/c1-3-5-14-8-11(13)12-7-10-4-6-15-9(10)2/h9-10H,3-8H2,1-2H3,(H,12,13). The summed E-state index contributed by atoms with van der Waals surface area (Å²) in [6.45, 7) is 6.42. The molecule has 1 aliphatic heterocycles. The average Bonchev–Trinajstić information content (AvgIpc) is 2.61. The molecule has 0 saturated carbocycles. The molecular formula is C11H21NO3. The summed E-state index contributed by atoms with van der Waals surface area (Å²) >= 11 is 0. The van der Waals surface area contributed by atoms with E-state index >= 15 is 0 Å². The maximum Gasteiger partial charge on any atom is 0.246 e. The van der Waals surface area contributed by atoms with Gasteiger partial charge in [-0.15, -0.1) is 0 Å².